The van der Waals surface area contributed by atoms with Gasteiger partial charge in [-0.05, 0) is 52.2 Å². The lowest BCUT2D eigenvalue weighted by Crippen LogP contribution is -2.30. The molecule has 0 unspecified atom stereocenters. The van der Waals surface area contributed by atoms with Crippen molar-refractivity contribution in [2.24, 2.45) is 0 Å². The number of aryl methyl sites for hydroxylation is 1. The Kier molecular flexibility index (Phi) is 5.19. The second-order valence-corrected chi connectivity index (χ2v) is 8.00. The Bertz CT molecular complexity index is 1140. The van der Waals surface area contributed by atoms with Crippen molar-refractivity contribution < 1.29 is 13.9 Å². The molecule has 0 aliphatic carbocycles. The van der Waals surface area contributed by atoms with Crippen molar-refractivity contribution in [1.29, 1.82) is 0 Å². The molecule has 5 nitrogen and oxygen atoms in total. The second-order valence-electron chi connectivity index (χ2n) is 6.24. The lowest BCUT2D eigenvalue weighted by molar-refractivity contribution is 0.0957. The third-order valence-electron chi connectivity index (χ3n) is 4.36. The van der Waals surface area contributed by atoms with Crippen molar-refractivity contribution in [3.8, 4) is 5.75 Å². The molecule has 0 fully saturated rings. The summed E-state index contributed by atoms with van der Waals surface area (Å²) in [4.78, 5) is 19.6. The number of ether oxygens (including phenoxy) is 1. The molecule has 142 valence electrons. The predicted molar refractivity (Wildman–Crippen MR) is 114 cm³/mol. The summed E-state index contributed by atoms with van der Waals surface area (Å²) in [6.45, 7) is 2.41. The summed E-state index contributed by atoms with van der Waals surface area (Å²) < 4.78 is 12.5. The summed E-state index contributed by atoms with van der Waals surface area (Å²) in [6.07, 6.45) is 0. The molecule has 0 N–H and O–H groups in total. The van der Waals surface area contributed by atoms with Crippen LogP contribution in [0.15, 0.2) is 63.7 Å². The Morgan fingerprint density at radius 1 is 1.18 bits per heavy atom. The van der Waals surface area contributed by atoms with Crippen LogP contribution in [-0.2, 0) is 6.54 Å². The van der Waals surface area contributed by atoms with Crippen molar-refractivity contribution in [3.05, 3.63) is 76.2 Å². The first kappa shape index (κ1) is 18.7. The number of benzene rings is 2. The predicted octanol–water partition coefficient (Wildman–Crippen LogP) is 5.82. The largest absolute Gasteiger partial charge is 0.494 e. The maximum atomic E-state index is 13.2. The molecule has 0 spiro atoms. The minimum Gasteiger partial charge on any atom is -0.494 e. The summed E-state index contributed by atoms with van der Waals surface area (Å²) in [5.41, 5.74) is 2.85. The van der Waals surface area contributed by atoms with Crippen molar-refractivity contribution in [2.45, 2.75) is 13.5 Å². The highest BCUT2D eigenvalue weighted by Crippen LogP contribution is 2.37. The number of rotatable bonds is 5. The number of halogens is 1. The number of furan rings is 1. The maximum absolute atomic E-state index is 13.2. The zero-order valence-electron chi connectivity index (χ0n) is 15.3. The number of thiazole rings is 1. The van der Waals surface area contributed by atoms with Crippen molar-refractivity contribution in [2.75, 3.05) is 12.0 Å². The molecule has 4 rings (SSSR count). The first-order valence-corrected chi connectivity index (χ1v) is 10.2. The molecule has 0 aliphatic heterocycles. The van der Waals surface area contributed by atoms with Gasteiger partial charge in [-0.15, -0.1) is 0 Å². The SMILES string of the molecule is COc1ccc(C)c2sc(N(Cc3ccccc3)C(=O)c3ccc(Br)o3)nc12. The average Bonchev–Trinajstić information content (AvgIpc) is 3.34. The van der Waals surface area contributed by atoms with Gasteiger partial charge in [-0.2, -0.15) is 0 Å². The van der Waals surface area contributed by atoms with E-state index in [-0.39, 0.29) is 11.7 Å². The van der Waals surface area contributed by atoms with Gasteiger partial charge in [-0.25, -0.2) is 4.98 Å². The van der Waals surface area contributed by atoms with Gasteiger partial charge in [0.15, 0.2) is 15.6 Å². The normalized spacial score (nSPS) is 11.0. The highest BCUT2D eigenvalue weighted by atomic mass is 79.9. The Morgan fingerprint density at radius 2 is 1.96 bits per heavy atom. The molecule has 0 saturated carbocycles. The molecule has 28 heavy (non-hydrogen) atoms. The van der Waals surface area contributed by atoms with Gasteiger partial charge < -0.3 is 9.15 Å². The third kappa shape index (κ3) is 3.55. The van der Waals surface area contributed by atoms with Crippen LogP contribution in [0.4, 0.5) is 5.13 Å². The quantitative estimate of drug-likeness (QED) is 0.379. The van der Waals surface area contributed by atoms with Gasteiger partial charge in [0, 0.05) is 0 Å². The molecule has 2 aromatic carbocycles. The van der Waals surface area contributed by atoms with Crippen molar-refractivity contribution >= 4 is 48.5 Å². The number of hydrogen-bond donors (Lipinski definition) is 0. The molecule has 7 heteroatoms. The molecule has 0 aliphatic rings. The lowest BCUT2D eigenvalue weighted by atomic mass is 10.2. The molecule has 4 aromatic rings. The van der Waals surface area contributed by atoms with Crippen LogP contribution in [-0.4, -0.2) is 18.0 Å². The van der Waals surface area contributed by atoms with E-state index in [1.54, 1.807) is 24.1 Å². The van der Waals surface area contributed by atoms with Gasteiger partial charge >= 0.3 is 0 Å². The number of carbonyl (C=O) groups is 1. The molecule has 0 saturated heterocycles. The summed E-state index contributed by atoms with van der Waals surface area (Å²) in [7, 11) is 1.62. The minimum absolute atomic E-state index is 0.245. The standard InChI is InChI=1S/C21H17BrN2O3S/c1-13-8-9-15(26-2)18-19(13)28-21(23-18)24(12-14-6-4-3-5-7-14)20(25)16-10-11-17(22)27-16/h3-11H,12H2,1-2H3. The Morgan fingerprint density at radius 3 is 2.64 bits per heavy atom. The van der Waals surface area contributed by atoms with Gasteiger partial charge in [0.2, 0.25) is 0 Å². The van der Waals surface area contributed by atoms with E-state index in [4.69, 9.17) is 14.1 Å². The maximum Gasteiger partial charge on any atom is 0.296 e. The number of hydrogen-bond acceptors (Lipinski definition) is 5. The third-order valence-corrected chi connectivity index (χ3v) is 6.00. The topological polar surface area (TPSA) is 55.6 Å². The molecular formula is C21H17BrN2O3S. The van der Waals surface area contributed by atoms with Crippen LogP contribution in [0, 0.1) is 6.92 Å². The van der Waals surface area contributed by atoms with Gasteiger partial charge in [0.05, 0.1) is 18.4 Å². The monoisotopic (exact) mass is 456 g/mol. The van der Waals surface area contributed by atoms with Gasteiger partial charge in [-0.3, -0.25) is 9.69 Å². The molecule has 0 radical (unpaired) electrons. The van der Waals surface area contributed by atoms with E-state index in [9.17, 15) is 4.79 Å². The number of aromatic nitrogens is 1. The molecule has 1 amide bonds. The van der Waals surface area contributed by atoms with Gasteiger partial charge in [0.1, 0.15) is 11.3 Å². The van der Waals surface area contributed by atoms with E-state index in [1.807, 2.05) is 49.4 Å². The molecular weight excluding hydrogens is 440 g/mol. The number of nitrogens with zero attached hydrogens (tertiary/aromatic N) is 2. The first-order chi connectivity index (χ1) is 13.6. The van der Waals surface area contributed by atoms with Crippen LogP contribution in [0.3, 0.4) is 0 Å². The minimum atomic E-state index is -0.245. The summed E-state index contributed by atoms with van der Waals surface area (Å²) in [5.74, 6) is 0.701. The summed E-state index contributed by atoms with van der Waals surface area (Å²) >= 11 is 4.73. The van der Waals surface area contributed by atoms with Crippen LogP contribution >= 0.6 is 27.3 Å². The highest BCUT2D eigenvalue weighted by molar-refractivity contribution is 9.10. The number of amides is 1. The number of methoxy groups -OCH3 is 1. The molecule has 0 bridgehead atoms. The fourth-order valence-corrected chi connectivity index (χ4v) is 4.29. The second kappa shape index (κ2) is 7.77. The van der Waals surface area contributed by atoms with E-state index in [1.165, 1.54) is 11.3 Å². The number of fused-ring (bicyclic) bond motifs is 1. The van der Waals surface area contributed by atoms with E-state index < -0.39 is 0 Å². The van der Waals surface area contributed by atoms with Crippen molar-refractivity contribution in [3.63, 3.8) is 0 Å². The van der Waals surface area contributed by atoms with E-state index in [0.29, 0.717) is 22.1 Å². The molecule has 2 aromatic heterocycles. The molecule has 0 atom stereocenters. The Hall–Kier alpha value is -2.64. The van der Waals surface area contributed by atoms with Crippen LogP contribution in [0.5, 0.6) is 5.75 Å². The smallest absolute Gasteiger partial charge is 0.296 e. The van der Waals surface area contributed by atoms with Crippen LogP contribution in [0.25, 0.3) is 10.2 Å². The van der Waals surface area contributed by atoms with Crippen molar-refractivity contribution in [1.82, 2.24) is 4.98 Å². The van der Waals surface area contributed by atoms with Crippen LogP contribution < -0.4 is 9.64 Å². The lowest BCUT2D eigenvalue weighted by Gasteiger charge is -2.18. The van der Waals surface area contributed by atoms with Gasteiger partial charge in [0.25, 0.3) is 5.91 Å². The van der Waals surface area contributed by atoms with E-state index in [2.05, 4.69) is 15.9 Å². The highest BCUT2D eigenvalue weighted by Gasteiger charge is 2.25. The van der Waals surface area contributed by atoms with Crippen LogP contribution in [0.1, 0.15) is 21.7 Å². The fraction of sp³-hybridized carbons (Fsp3) is 0.143. The van der Waals surface area contributed by atoms with Gasteiger partial charge in [-0.1, -0.05) is 47.7 Å². The number of carbonyl (C=O) groups excluding carboxylic acids is 1. The van der Waals surface area contributed by atoms with Crippen LogP contribution in [0.2, 0.25) is 0 Å². The summed E-state index contributed by atoms with van der Waals surface area (Å²) in [5, 5.41) is 0.601. The van der Waals surface area contributed by atoms with E-state index in [0.717, 1.165) is 21.3 Å². The fourth-order valence-electron chi connectivity index (χ4n) is 2.93. The zero-order valence-corrected chi connectivity index (χ0v) is 17.7. The Labute approximate surface area is 174 Å². The first-order valence-electron chi connectivity index (χ1n) is 8.62. The zero-order chi connectivity index (χ0) is 19.7. The average molecular weight is 457 g/mol. The molecule has 2 heterocycles. The Balaban J connectivity index is 1.82. The summed E-state index contributed by atoms with van der Waals surface area (Å²) in [6, 6.07) is 17.1. The number of anilines is 1. The van der Waals surface area contributed by atoms with E-state index >= 15 is 0 Å².